The Morgan fingerprint density at radius 2 is 1.75 bits per heavy atom. The molecule has 0 unspecified atom stereocenters. The van der Waals surface area contributed by atoms with E-state index in [1.807, 2.05) is 6.07 Å². The van der Waals surface area contributed by atoms with Gasteiger partial charge in [0.05, 0.1) is 13.1 Å². The summed E-state index contributed by atoms with van der Waals surface area (Å²) < 4.78 is 5.88. The van der Waals surface area contributed by atoms with Gasteiger partial charge in [0.15, 0.2) is 0 Å². The molecule has 2 aromatic rings. The van der Waals surface area contributed by atoms with E-state index in [9.17, 15) is 0 Å². The maximum absolute atomic E-state index is 5.88. The summed E-state index contributed by atoms with van der Waals surface area (Å²) in [7, 11) is 0. The maximum atomic E-state index is 5.88. The summed E-state index contributed by atoms with van der Waals surface area (Å²) in [4.78, 5) is 2.31. The van der Waals surface area contributed by atoms with Gasteiger partial charge in [0.2, 0.25) is 0 Å². The van der Waals surface area contributed by atoms with Crippen molar-refractivity contribution in [3.8, 4) is 0 Å². The molecular weight excluding hydrogens is 248 g/mol. The summed E-state index contributed by atoms with van der Waals surface area (Å²) in [6.07, 6.45) is 1.14. The maximum Gasteiger partial charge on any atom is 0.123 e. The molecule has 1 aromatic carbocycles. The van der Waals surface area contributed by atoms with Crippen LogP contribution in [-0.2, 0) is 13.1 Å². The van der Waals surface area contributed by atoms with Crippen molar-refractivity contribution in [1.29, 1.82) is 0 Å². The van der Waals surface area contributed by atoms with Crippen LogP contribution in [0.2, 0.25) is 0 Å². The molecule has 108 valence electrons. The van der Waals surface area contributed by atoms with Crippen LogP contribution in [-0.4, -0.2) is 13.1 Å². The van der Waals surface area contributed by atoms with Crippen LogP contribution in [0.1, 0.15) is 31.8 Å². The number of nitrogens with zero attached hydrogens (tertiary/aromatic N) is 1. The normalized spacial score (nSPS) is 10.7. The zero-order valence-electron chi connectivity index (χ0n) is 12.4. The number of anilines is 1. The van der Waals surface area contributed by atoms with E-state index in [1.165, 1.54) is 5.69 Å². The lowest BCUT2D eigenvalue weighted by molar-refractivity contribution is 0.444. The molecule has 0 spiro atoms. The minimum atomic E-state index is 0.811. The SMILES string of the molecule is CCCNCc1ccc(CN(CC)c2ccccc2)o1. The van der Waals surface area contributed by atoms with Crippen molar-refractivity contribution < 1.29 is 4.42 Å². The van der Waals surface area contributed by atoms with Crippen LogP contribution in [0, 0.1) is 0 Å². The highest BCUT2D eigenvalue weighted by Gasteiger charge is 2.08. The average Bonchev–Trinajstić information content (AvgIpc) is 2.93. The summed E-state index contributed by atoms with van der Waals surface area (Å²) in [5.74, 6) is 2.03. The molecule has 0 aliphatic carbocycles. The Hall–Kier alpha value is -1.74. The average molecular weight is 272 g/mol. The second-order valence-electron chi connectivity index (χ2n) is 4.89. The van der Waals surface area contributed by atoms with Crippen LogP contribution in [0.3, 0.4) is 0 Å². The topological polar surface area (TPSA) is 28.4 Å². The fourth-order valence-electron chi connectivity index (χ4n) is 2.20. The largest absolute Gasteiger partial charge is 0.463 e. The Morgan fingerprint density at radius 1 is 1.00 bits per heavy atom. The van der Waals surface area contributed by atoms with Gasteiger partial charge in [-0.3, -0.25) is 0 Å². The molecule has 3 nitrogen and oxygen atoms in total. The summed E-state index contributed by atoms with van der Waals surface area (Å²) >= 11 is 0. The molecule has 2 rings (SSSR count). The van der Waals surface area contributed by atoms with Gasteiger partial charge in [-0.1, -0.05) is 25.1 Å². The van der Waals surface area contributed by atoms with E-state index in [0.29, 0.717) is 0 Å². The molecule has 0 fully saturated rings. The molecule has 1 aromatic heterocycles. The van der Waals surface area contributed by atoms with Crippen molar-refractivity contribution in [3.63, 3.8) is 0 Å². The Balaban J connectivity index is 1.94. The lowest BCUT2D eigenvalue weighted by Crippen LogP contribution is -2.21. The number of hydrogen-bond donors (Lipinski definition) is 1. The van der Waals surface area contributed by atoms with Crippen LogP contribution in [0.5, 0.6) is 0 Å². The minimum Gasteiger partial charge on any atom is -0.463 e. The minimum absolute atomic E-state index is 0.811. The molecule has 1 N–H and O–H groups in total. The first kappa shape index (κ1) is 14.7. The van der Waals surface area contributed by atoms with Gasteiger partial charge in [-0.15, -0.1) is 0 Å². The molecule has 0 saturated carbocycles. The third kappa shape index (κ3) is 4.14. The van der Waals surface area contributed by atoms with E-state index >= 15 is 0 Å². The second-order valence-corrected chi connectivity index (χ2v) is 4.89. The molecule has 20 heavy (non-hydrogen) atoms. The number of rotatable bonds is 8. The fraction of sp³-hybridized carbons (Fsp3) is 0.412. The number of furan rings is 1. The highest BCUT2D eigenvalue weighted by Crippen LogP contribution is 2.17. The van der Waals surface area contributed by atoms with Gasteiger partial charge in [-0.05, 0) is 44.2 Å². The molecular formula is C17H24N2O. The van der Waals surface area contributed by atoms with Gasteiger partial charge in [-0.25, -0.2) is 0 Å². The summed E-state index contributed by atoms with van der Waals surface area (Å²) in [5.41, 5.74) is 1.23. The summed E-state index contributed by atoms with van der Waals surface area (Å²) in [5, 5.41) is 3.36. The monoisotopic (exact) mass is 272 g/mol. The highest BCUT2D eigenvalue weighted by molar-refractivity contribution is 5.45. The van der Waals surface area contributed by atoms with Gasteiger partial charge in [0.25, 0.3) is 0 Å². The van der Waals surface area contributed by atoms with Crippen molar-refractivity contribution in [3.05, 3.63) is 54.0 Å². The zero-order valence-corrected chi connectivity index (χ0v) is 12.4. The molecule has 3 heteroatoms. The molecule has 0 aliphatic heterocycles. The Kier molecular flexibility index (Phi) is 5.69. The molecule has 0 atom stereocenters. The first-order valence-corrected chi connectivity index (χ1v) is 7.41. The third-order valence-corrected chi connectivity index (χ3v) is 3.29. The first-order chi connectivity index (χ1) is 9.83. The van der Waals surface area contributed by atoms with Gasteiger partial charge >= 0.3 is 0 Å². The highest BCUT2D eigenvalue weighted by atomic mass is 16.3. The smallest absolute Gasteiger partial charge is 0.123 e. The lowest BCUT2D eigenvalue weighted by Gasteiger charge is -2.21. The van der Waals surface area contributed by atoms with Crippen molar-refractivity contribution >= 4 is 5.69 Å². The third-order valence-electron chi connectivity index (χ3n) is 3.29. The summed E-state index contributed by atoms with van der Waals surface area (Å²) in [6, 6.07) is 14.6. The predicted molar refractivity (Wildman–Crippen MR) is 83.9 cm³/mol. The quantitative estimate of drug-likeness (QED) is 0.741. The van der Waals surface area contributed by atoms with E-state index in [1.54, 1.807) is 0 Å². The van der Waals surface area contributed by atoms with Crippen molar-refractivity contribution in [1.82, 2.24) is 5.32 Å². The van der Waals surface area contributed by atoms with Gasteiger partial charge in [-0.2, -0.15) is 0 Å². The lowest BCUT2D eigenvalue weighted by atomic mass is 10.2. The number of hydrogen-bond acceptors (Lipinski definition) is 3. The summed E-state index contributed by atoms with van der Waals surface area (Å²) in [6.45, 7) is 7.95. The van der Waals surface area contributed by atoms with E-state index in [4.69, 9.17) is 4.42 Å². The fourth-order valence-corrected chi connectivity index (χ4v) is 2.20. The van der Waals surface area contributed by atoms with Gasteiger partial charge in [0.1, 0.15) is 11.5 Å². The van der Waals surface area contributed by atoms with Crippen molar-refractivity contribution in [2.75, 3.05) is 18.0 Å². The predicted octanol–water partition coefficient (Wildman–Crippen LogP) is 3.81. The second kappa shape index (κ2) is 7.75. The van der Waals surface area contributed by atoms with Crippen molar-refractivity contribution in [2.24, 2.45) is 0 Å². The zero-order chi connectivity index (χ0) is 14.2. The Morgan fingerprint density at radius 3 is 2.45 bits per heavy atom. The Bertz CT molecular complexity index is 493. The molecule has 1 heterocycles. The molecule has 0 aliphatic rings. The van der Waals surface area contributed by atoms with E-state index in [-0.39, 0.29) is 0 Å². The molecule has 0 saturated heterocycles. The number of benzene rings is 1. The van der Waals surface area contributed by atoms with Crippen LogP contribution < -0.4 is 10.2 Å². The first-order valence-electron chi connectivity index (χ1n) is 7.41. The van der Waals surface area contributed by atoms with Gasteiger partial charge < -0.3 is 14.6 Å². The number of para-hydroxylation sites is 1. The van der Waals surface area contributed by atoms with E-state index < -0.39 is 0 Å². The van der Waals surface area contributed by atoms with E-state index in [2.05, 4.69) is 60.5 Å². The Labute approximate surface area is 121 Å². The van der Waals surface area contributed by atoms with Crippen LogP contribution in [0.25, 0.3) is 0 Å². The molecule has 0 bridgehead atoms. The van der Waals surface area contributed by atoms with Crippen molar-refractivity contribution in [2.45, 2.75) is 33.4 Å². The molecule has 0 radical (unpaired) electrons. The standard InChI is InChI=1S/C17H24N2O/c1-3-12-18-13-16-10-11-17(20-16)14-19(4-2)15-8-6-5-7-9-15/h5-11,18H,3-4,12-14H2,1-2H3. The van der Waals surface area contributed by atoms with Crippen LogP contribution in [0.4, 0.5) is 5.69 Å². The van der Waals surface area contributed by atoms with Crippen LogP contribution >= 0.6 is 0 Å². The van der Waals surface area contributed by atoms with E-state index in [0.717, 1.165) is 44.1 Å². The van der Waals surface area contributed by atoms with Crippen LogP contribution in [0.15, 0.2) is 46.9 Å². The van der Waals surface area contributed by atoms with Gasteiger partial charge in [0, 0.05) is 12.2 Å². The number of nitrogens with one attached hydrogen (secondary N) is 1. The molecule has 0 amide bonds.